The minimum Gasteiger partial charge on any atom is -0.406 e. The number of allylic oxidation sites excluding steroid dienone is 1. The first-order valence-electron chi connectivity index (χ1n) is 11.6. The Labute approximate surface area is 202 Å². The molecule has 0 unspecified atom stereocenters. The number of aliphatic hydroxyl groups is 1. The molecule has 0 amide bonds. The van der Waals surface area contributed by atoms with E-state index in [0.29, 0.717) is 43.1 Å². The first kappa shape index (κ1) is 24.8. The van der Waals surface area contributed by atoms with Crippen LogP contribution in [0.25, 0.3) is 5.57 Å². The van der Waals surface area contributed by atoms with Gasteiger partial charge in [0.25, 0.3) is 0 Å². The number of halogens is 3. The third-order valence-corrected chi connectivity index (χ3v) is 6.62. The third kappa shape index (κ3) is 6.03. The Hall–Kier alpha value is -3.32. The van der Waals surface area contributed by atoms with E-state index in [9.17, 15) is 23.5 Å². The maximum absolute atomic E-state index is 12.6. The summed E-state index contributed by atoms with van der Waals surface area (Å²) in [5, 5.41) is 26.2. The molecule has 1 heterocycles. The van der Waals surface area contributed by atoms with Crippen molar-refractivity contribution in [2.45, 2.75) is 64.5 Å². The van der Waals surface area contributed by atoms with Crippen molar-refractivity contribution >= 4 is 17.3 Å². The van der Waals surface area contributed by atoms with E-state index < -0.39 is 6.36 Å². The molecule has 1 aromatic carbocycles. The van der Waals surface area contributed by atoms with Crippen molar-refractivity contribution in [3.8, 4) is 11.8 Å². The summed E-state index contributed by atoms with van der Waals surface area (Å²) in [5.74, 6) is 0.567. The molecule has 0 bridgehead atoms. The van der Waals surface area contributed by atoms with Crippen LogP contribution in [-0.4, -0.2) is 40.1 Å². The molecule has 2 aliphatic rings. The predicted molar refractivity (Wildman–Crippen MR) is 126 cm³/mol. The predicted octanol–water partition coefficient (Wildman–Crippen LogP) is 5.04. The van der Waals surface area contributed by atoms with Crippen LogP contribution in [0.3, 0.4) is 0 Å². The molecule has 2 aromatic rings. The van der Waals surface area contributed by atoms with E-state index in [1.165, 1.54) is 18.3 Å². The molecule has 1 aromatic heterocycles. The fraction of sp³-hybridized carbons (Fsp3) is 0.480. The van der Waals surface area contributed by atoms with Crippen molar-refractivity contribution in [2.24, 2.45) is 5.41 Å². The second-order valence-electron chi connectivity index (χ2n) is 9.67. The highest BCUT2D eigenvalue weighted by molar-refractivity contribution is 5.74. The number of benzene rings is 1. The number of nitrogens with one attached hydrogen (secondary N) is 2. The molecular weight excluding hydrogens is 459 g/mol. The van der Waals surface area contributed by atoms with Gasteiger partial charge in [0.2, 0.25) is 5.95 Å². The molecule has 0 aliphatic heterocycles. The molecule has 0 spiro atoms. The maximum atomic E-state index is 12.6. The summed E-state index contributed by atoms with van der Waals surface area (Å²) in [7, 11) is 0. The molecule has 0 radical (unpaired) electrons. The van der Waals surface area contributed by atoms with Gasteiger partial charge in [0.05, 0.1) is 12.3 Å². The summed E-state index contributed by atoms with van der Waals surface area (Å²) in [4.78, 5) is 8.70. The average molecular weight is 488 g/mol. The SMILES string of the molecule is CC1(C)C[C@H](Nc2nc(NCCC3=CCc4ccc(OC(F)(F)F)cc43)ncc2C#N)CC[C@@H]1O. The molecule has 186 valence electrons. The van der Waals surface area contributed by atoms with Crippen LogP contribution in [0.2, 0.25) is 0 Å². The van der Waals surface area contributed by atoms with Crippen LogP contribution in [0.5, 0.6) is 5.75 Å². The zero-order valence-corrected chi connectivity index (χ0v) is 19.6. The van der Waals surface area contributed by atoms with E-state index in [1.54, 1.807) is 6.07 Å². The number of anilines is 2. The van der Waals surface area contributed by atoms with Gasteiger partial charge in [0.1, 0.15) is 23.2 Å². The topological polar surface area (TPSA) is 103 Å². The fourth-order valence-corrected chi connectivity index (χ4v) is 4.72. The van der Waals surface area contributed by atoms with Gasteiger partial charge < -0.3 is 20.5 Å². The Balaban J connectivity index is 1.38. The van der Waals surface area contributed by atoms with E-state index in [1.807, 2.05) is 19.9 Å². The van der Waals surface area contributed by atoms with Gasteiger partial charge in [-0.1, -0.05) is 26.0 Å². The number of nitriles is 1. The standard InChI is InChI=1S/C25H28F3N5O2/c1-24(2)12-18(6-8-21(24)34)32-22-17(13-29)14-31-23(33-22)30-10-9-16-4-3-15-5-7-19(11-20(15)16)35-25(26,27)28/h4-5,7,11,14,18,21,34H,3,6,8-10,12H2,1-2H3,(H2,30,31,32,33)/t18-,21+/m1/s1. The van der Waals surface area contributed by atoms with Crippen molar-refractivity contribution in [1.29, 1.82) is 5.26 Å². The van der Waals surface area contributed by atoms with E-state index in [4.69, 9.17) is 0 Å². The van der Waals surface area contributed by atoms with E-state index in [2.05, 4.69) is 31.4 Å². The van der Waals surface area contributed by atoms with E-state index in [0.717, 1.165) is 29.5 Å². The van der Waals surface area contributed by atoms with Crippen LogP contribution in [-0.2, 0) is 6.42 Å². The van der Waals surface area contributed by atoms with Gasteiger partial charge in [-0.05, 0) is 66.4 Å². The number of rotatable bonds is 7. The van der Waals surface area contributed by atoms with Gasteiger partial charge in [0.15, 0.2) is 0 Å². The number of hydrogen-bond donors (Lipinski definition) is 3. The lowest BCUT2D eigenvalue weighted by atomic mass is 9.73. The highest BCUT2D eigenvalue weighted by Crippen LogP contribution is 2.37. The number of ether oxygens (including phenoxy) is 1. The number of fused-ring (bicyclic) bond motifs is 1. The monoisotopic (exact) mass is 487 g/mol. The molecule has 7 nitrogen and oxygen atoms in total. The molecule has 2 aliphatic carbocycles. The Morgan fingerprint density at radius 2 is 2.09 bits per heavy atom. The Kier molecular flexibility index (Phi) is 6.90. The third-order valence-electron chi connectivity index (χ3n) is 6.62. The van der Waals surface area contributed by atoms with Gasteiger partial charge >= 0.3 is 6.36 Å². The van der Waals surface area contributed by atoms with Gasteiger partial charge in [-0.2, -0.15) is 10.2 Å². The quantitative estimate of drug-likeness (QED) is 0.503. The number of hydrogen-bond acceptors (Lipinski definition) is 7. The molecule has 35 heavy (non-hydrogen) atoms. The van der Waals surface area contributed by atoms with Crippen LogP contribution in [0.15, 0.2) is 30.5 Å². The fourth-order valence-electron chi connectivity index (χ4n) is 4.72. The summed E-state index contributed by atoms with van der Waals surface area (Å²) < 4.78 is 41.8. The summed E-state index contributed by atoms with van der Waals surface area (Å²) in [6.45, 7) is 4.51. The molecule has 1 saturated carbocycles. The van der Waals surface area contributed by atoms with Crippen molar-refractivity contribution in [1.82, 2.24) is 9.97 Å². The zero-order chi connectivity index (χ0) is 25.2. The van der Waals surface area contributed by atoms with Gasteiger partial charge in [-0.15, -0.1) is 13.2 Å². The molecule has 3 N–H and O–H groups in total. The largest absolute Gasteiger partial charge is 0.573 e. The Morgan fingerprint density at radius 3 is 2.80 bits per heavy atom. The number of aromatic nitrogens is 2. The minimum absolute atomic E-state index is 0.0801. The minimum atomic E-state index is -4.73. The van der Waals surface area contributed by atoms with Crippen LogP contribution in [0, 0.1) is 16.7 Å². The van der Waals surface area contributed by atoms with Gasteiger partial charge in [0, 0.05) is 12.6 Å². The average Bonchev–Trinajstić information content (AvgIpc) is 3.17. The Bertz CT molecular complexity index is 1160. The molecule has 2 atom stereocenters. The summed E-state index contributed by atoms with van der Waals surface area (Å²) in [5.41, 5.74) is 2.74. The number of alkyl halides is 3. The lowest BCUT2D eigenvalue weighted by Crippen LogP contribution is -2.41. The van der Waals surface area contributed by atoms with E-state index in [-0.39, 0.29) is 23.3 Å². The number of nitrogens with zero attached hydrogens (tertiary/aromatic N) is 3. The normalized spacial score (nSPS) is 21.0. The van der Waals surface area contributed by atoms with E-state index >= 15 is 0 Å². The number of aliphatic hydroxyl groups excluding tert-OH is 1. The first-order valence-corrected chi connectivity index (χ1v) is 11.6. The summed E-state index contributed by atoms with van der Waals surface area (Å²) in [6.07, 6.45) is 1.79. The Morgan fingerprint density at radius 1 is 1.29 bits per heavy atom. The highest BCUT2D eigenvalue weighted by Gasteiger charge is 2.36. The lowest BCUT2D eigenvalue weighted by molar-refractivity contribution is -0.274. The van der Waals surface area contributed by atoms with Gasteiger partial charge in [-0.25, -0.2) is 4.98 Å². The zero-order valence-electron chi connectivity index (χ0n) is 19.6. The van der Waals surface area contributed by atoms with Crippen molar-refractivity contribution in [3.63, 3.8) is 0 Å². The smallest absolute Gasteiger partial charge is 0.406 e. The second kappa shape index (κ2) is 9.74. The van der Waals surface area contributed by atoms with Crippen LogP contribution in [0.1, 0.15) is 56.2 Å². The first-order chi connectivity index (χ1) is 16.5. The summed E-state index contributed by atoms with van der Waals surface area (Å²) >= 11 is 0. The van der Waals surface area contributed by atoms with Gasteiger partial charge in [-0.3, -0.25) is 0 Å². The summed E-state index contributed by atoms with van der Waals surface area (Å²) in [6, 6.07) is 6.59. The van der Waals surface area contributed by atoms with Crippen LogP contribution in [0.4, 0.5) is 24.9 Å². The molecule has 1 fully saturated rings. The molecule has 0 saturated heterocycles. The highest BCUT2D eigenvalue weighted by atomic mass is 19.4. The molecule has 10 heteroatoms. The van der Waals surface area contributed by atoms with Crippen molar-refractivity contribution < 1.29 is 23.0 Å². The van der Waals surface area contributed by atoms with Crippen LogP contribution < -0.4 is 15.4 Å². The maximum Gasteiger partial charge on any atom is 0.573 e. The van der Waals surface area contributed by atoms with Crippen molar-refractivity contribution in [2.75, 3.05) is 17.2 Å². The molecule has 4 rings (SSSR count). The lowest BCUT2D eigenvalue weighted by Gasteiger charge is -2.40. The molecular formula is C25H28F3N5O2. The van der Waals surface area contributed by atoms with Crippen LogP contribution >= 0.6 is 0 Å². The second-order valence-corrected chi connectivity index (χ2v) is 9.67. The van der Waals surface area contributed by atoms with Crippen molar-refractivity contribution in [3.05, 3.63) is 47.2 Å².